The Kier molecular flexibility index (Phi) is 7.12. The Labute approximate surface area is 165 Å². The van der Waals surface area contributed by atoms with E-state index in [4.69, 9.17) is 9.29 Å². The summed E-state index contributed by atoms with van der Waals surface area (Å²) in [6, 6.07) is 2.15. The van der Waals surface area contributed by atoms with Gasteiger partial charge in [-0.05, 0) is 38.8 Å². The lowest BCUT2D eigenvalue weighted by atomic mass is 10.3. The van der Waals surface area contributed by atoms with Crippen molar-refractivity contribution in [3.8, 4) is 11.5 Å². The number of hydrogen-bond donors (Lipinski definition) is 1. The minimum absolute atomic E-state index is 0.0109. The van der Waals surface area contributed by atoms with Gasteiger partial charge in [0.05, 0.1) is 8.95 Å². The first-order chi connectivity index (χ1) is 10.8. The number of ether oxygens (including phenoxy) is 2. The Morgan fingerprint density at radius 3 is 2.00 bits per heavy atom. The highest BCUT2D eigenvalue weighted by Crippen LogP contribution is 2.37. The maximum absolute atomic E-state index is 13.2. The van der Waals surface area contributed by atoms with Crippen LogP contribution in [-0.4, -0.2) is 34.1 Å². The van der Waals surface area contributed by atoms with Crippen LogP contribution in [0.15, 0.2) is 21.1 Å². The van der Waals surface area contributed by atoms with Crippen molar-refractivity contribution in [2.45, 2.75) is 16.1 Å². The van der Waals surface area contributed by atoms with Gasteiger partial charge >= 0.3 is 27.3 Å². The second-order valence-electron chi connectivity index (χ2n) is 4.13. The van der Waals surface area contributed by atoms with Crippen molar-refractivity contribution >= 4 is 76.5 Å². The zero-order chi connectivity index (χ0) is 18.9. The van der Waals surface area contributed by atoms with Crippen molar-refractivity contribution in [1.29, 1.82) is 0 Å². The number of benzene rings is 1. The fourth-order valence-corrected chi connectivity index (χ4v) is 2.31. The topological polar surface area (TPSA) is 107 Å². The van der Waals surface area contributed by atoms with Gasteiger partial charge in [-0.2, -0.15) is 17.2 Å². The van der Waals surface area contributed by atoms with Crippen molar-refractivity contribution < 1.29 is 40.8 Å². The molecule has 0 saturated carbocycles. The number of esters is 2. The Morgan fingerprint density at radius 2 is 1.62 bits per heavy atom. The minimum atomic E-state index is -5.98. The molecule has 1 N–H and O–H groups in total. The summed E-state index contributed by atoms with van der Waals surface area (Å²) in [4.78, 5) is 22.8. The predicted octanol–water partition coefficient (Wildman–Crippen LogP) is 3.33. The SMILES string of the molecule is CC(I)C(=O)Oc1cc(Br)c(OC(=O)C(F)(F)S(=O)(=O)O)cc1Br. The Bertz CT molecular complexity index is 783. The Balaban J connectivity index is 3.10. The van der Waals surface area contributed by atoms with Crippen LogP contribution in [0.1, 0.15) is 6.92 Å². The molecule has 0 spiro atoms. The first-order valence-corrected chi connectivity index (χ1v) is 9.96. The maximum atomic E-state index is 13.2. The van der Waals surface area contributed by atoms with Crippen LogP contribution >= 0.6 is 54.5 Å². The highest BCUT2D eigenvalue weighted by molar-refractivity contribution is 14.1. The van der Waals surface area contributed by atoms with Gasteiger partial charge < -0.3 is 9.47 Å². The molecule has 0 bridgehead atoms. The van der Waals surface area contributed by atoms with Gasteiger partial charge in [-0.1, -0.05) is 22.6 Å². The molecule has 1 unspecified atom stereocenters. The van der Waals surface area contributed by atoms with Crippen LogP contribution in [-0.2, 0) is 19.7 Å². The number of alkyl halides is 3. The molecule has 0 fully saturated rings. The molecule has 1 rings (SSSR count). The van der Waals surface area contributed by atoms with Gasteiger partial charge in [-0.15, -0.1) is 0 Å². The third-order valence-electron chi connectivity index (χ3n) is 2.29. The van der Waals surface area contributed by atoms with E-state index in [2.05, 4.69) is 36.6 Å². The van der Waals surface area contributed by atoms with E-state index >= 15 is 0 Å². The lowest BCUT2D eigenvalue weighted by Crippen LogP contribution is -2.40. The largest absolute Gasteiger partial charge is 0.466 e. The lowest BCUT2D eigenvalue weighted by molar-refractivity contribution is -0.151. The van der Waals surface area contributed by atoms with Gasteiger partial charge in [0, 0.05) is 12.1 Å². The lowest BCUT2D eigenvalue weighted by Gasteiger charge is -2.14. The summed E-state index contributed by atoms with van der Waals surface area (Å²) >= 11 is 7.72. The van der Waals surface area contributed by atoms with Gasteiger partial charge in [0.2, 0.25) is 0 Å². The molecule has 13 heteroatoms. The zero-order valence-electron chi connectivity index (χ0n) is 11.4. The van der Waals surface area contributed by atoms with E-state index < -0.39 is 37.0 Å². The Hall–Kier alpha value is -0.380. The van der Waals surface area contributed by atoms with Crippen molar-refractivity contribution in [3.63, 3.8) is 0 Å². The molecular weight excluding hydrogens is 601 g/mol. The van der Waals surface area contributed by atoms with Crippen LogP contribution < -0.4 is 9.47 Å². The molecule has 0 aliphatic carbocycles. The van der Waals surface area contributed by atoms with E-state index in [9.17, 15) is 26.8 Å². The molecule has 1 aromatic carbocycles. The molecule has 1 atom stereocenters. The van der Waals surface area contributed by atoms with Crippen LogP contribution in [0.25, 0.3) is 0 Å². The average Bonchev–Trinajstić information content (AvgIpc) is 2.42. The van der Waals surface area contributed by atoms with E-state index in [1.807, 2.05) is 22.6 Å². The first-order valence-electron chi connectivity index (χ1n) is 5.69. The summed E-state index contributed by atoms with van der Waals surface area (Å²) in [6.07, 6.45) is 0. The van der Waals surface area contributed by atoms with Crippen molar-refractivity contribution in [3.05, 3.63) is 21.1 Å². The highest BCUT2D eigenvalue weighted by Gasteiger charge is 2.54. The van der Waals surface area contributed by atoms with Crippen LogP contribution in [0.5, 0.6) is 11.5 Å². The summed E-state index contributed by atoms with van der Waals surface area (Å²) in [6.45, 7) is 1.58. The van der Waals surface area contributed by atoms with Gasteiger partial charge in [0.25, 0.3) is 0 Å². The van der Waals surface area contributed by atoms with Crippen molar-refractivity contribution in [2.75, 3.05) is 0 Å². The molecule has 0 aromatic heterocycles. The summed E-state index contributed by atoms with van der Waals surface area (Å²) in [5.74, 6) is -3.55. The standard InChI is InChI=1S/C11H7Br2F2IO7S/c1-4(16)9(17)22-7-2-6(13)8(3-5(7)12)23-10(18)11(14,15)24(19,20)21/h2-4H,1H3,(H,19,20,21). The van der Waals surface area contributed by atoms with E-state index in [1.165, 1.54) is 0 Å². The first kappa shape index (κ1) is 21.7. The normalized spacial score (nSPS) is 13.3. The molecule has 134 valence electrons. The van der Waals surface area contributed by atoms with Gasteiger partial charge in [0.1, 0.15) is 15.4 Å². The molecule has 0 amide bonds. The molecule has 24 heavy (non-hydrogen) atoms. The smallest absolute Gasteiger partial charge is 0.425 e. The molecule has 1 aromatic rings. The number of halogens is 5. The molecule has 0 aliphatic rings. The minimum Gasteiger partial charge on any atom is -0.425 e. The van der Waals surface area contributed by atoms with Crippen molar-refractivity contribution in [1.82, 2.24) is 0 Å². The number of carbonyl (C=O) groups is 2. The monoisotopic (exact) mass is 606 g/mol. The fraction of sp³-hybridized carbons (Fsp3) is 0.273. The van der Waals surface area contributed by atoms with Crippen molar-refractivity contribution in [2.24, 2.45) is 0 Å². The molecule has 0 aliphatic heterocycles. The third kappa shape index (κ3) is 5.06. The van der Waals surface area contributed by atoms with E-state index in [-0.39, 0.29) is 14.7 Å². The molecule has 0 heterocycles. The van der Waals surface area contributed by atoms with Crippen LogP contribution in [0, 0.1) is 0 Å². The van der Waals surface area contributed by atoms with E-state index in [0.717, 1.165) is 12.1 Å². The Morgan fingerprint density at radius 1 is 1.21 bits per heavy atom. The maximum Gasteiger partial charge on any atom is 0.466 e. The second kappa shape index (κ2) is 7.88. The zero-order valence-corrected chi connectivity index (χ0v) is 17.6. The molecular formula is C11H7Br2F2IO7S. The van der Waals surface area contributed by atoms with Crippen LogP contribution in [0.2, 0.25) is 0 Å². The highest BCUT2D eigenvalue weighted by atomic mass is 127. The predicted molar refractivity (Wildman–Crippen MR) is 93.1 cm³/mol. The molecule has 0 radical (unpaired) electrons. The molecule has 0 saturated heterocycles. The van der Waals surface area contributed by atoms with Gasteiger partial charge in [0.15, 0.2) is 0 Å². The number of hydrogen-bond acceptors (Lipinski definition) is 6. The fourth-order valence-electron chi connectivity index (χ4n) is 1.12. The second-order valence-corrected chi connectivity index (χ2v) is 9.17. The number of rotatable bonds is 5. The van der Waals surface area contributed by atoms with E-state index in [1.54, 1.807) is 6.92 Å². The van der Waals surface area contributed by atoms with Crippen LogP contribution in [0.4, 0.5) is 8.78 Å². The summed E-state index contributed by atoms with van der Waals surface area (Å²) in [5.41, 5.74) is 0. The van der Waals surface area contributed by atoms with Gasteiger partial charge in [-0.25, -0.2) is 4.79 Å². The van der Waals surface area contributed by atoms with Crippen LogP contribution in [0.3, 0.4) is 0 Å². The quantitative estimate of drug-likeness (QED) is 0.180. The summed E-state index contributed by atoms with van der Waals surface area (Å²) < 4.78 is 64.5. The van der Waals surface area contributed by atoms with E-state index in [0.29, 0.717) is 0 Å². The van der Waals surface area contributed by atoms with Gasteiger partial charge in [-0.3, -0.25) is 9.35 Å². The summed E-state index contributed by atoms with van der Waals surface area (Å²) in [7, 11) is -5.98. The summed E-state index contributed by atoms with van der Waals surface area (Å²) in [5, 5.41) is -5.14. The number of carbonyl (C=O) groups excluding carboxylic acids is 2. The third-order valence-corrected chi connectivity index (χ3v) is 4.85. The molecule has 7 nitrogen and oxygen atoms in total. The average molecular weight is 608 g/mol.